The van der Waals surface area contributed by atoms with Gasteiger partial charge in [-0.15, -0.1) is 0 Å². The van der Waals surface area contributed by atoms with Gasteiger partial charge in [-0.05, 0) is 124 Å². The Balaban J connectivity index is 1.00. The van der Waals surface area contributed by atoms with Gasteiger partial charge in [0.15, 0.2) is 5.82 Å². The maximum Gasteiger partial charge on any atom is 0.156 e. The number of nitrogens with zero attached hydrogens (tertiary/aromatic N) is 8. The maximum absolute atomic E-state index is 4.98. The van der Waals surface area contributed by atoms with Gasteiger partial charge in [0.1, 0.15) is 5.52 Å². The first kappa shape index (κ1) is 36.2. The summed E-state index contributed by atoms with van der Waals surface area (Å²) in [7, 11) is 8.72. The van der Waals surface area contributed by atoms with Gasteiger partial charge in [0, 0.05) is 99.0 Å². The van der Waals surface area contributed by atoms with Crippen LogP contribution >= 0.6 is 0 Å². The van der Waals surface area contributed by atoms with E-state index >= 15 is 0 Å². The van der Waals surface area contributed by atoms with E-state index < -0.39 is 0 Å². The Morgan fingerprint density at radius 1 is 0.667 bits per heavy atom. The van der Waals surface area contributed by atoms with Crippen LogP contribution in [0, 0.1) is 13.8 Å². The third-order valence-corrected chi connectivity index (χ3v) is 11.8. The number of likely N-dealkylation sites (N-methyl/N-ethyl adjacent to an activating group) is 2. The summed E-state index contributed by atoms with van der Waals surface area (Å²) in [6.45, 7) is 10.7. The van der Waals surface area contributed by atoms with Gasteiger partial charge in [0.25, 0.3) is 0 Å². The van der Waals surface area contributed by atoms with Crippen molar-refractivity contribution in [3.05, 3.63) is 119 Å². The summed E-state index contributed by atoms with van der Waals surface area (Å²) < 4.78 is 0. The van der Waals surface area contributed by atoms with Gasteiger partial charge in [-0.1, -0.05) is 30.3 Å². The van der Waals surface area contributed by atoms with E-state index in [1.54, 1.807) is 0 Å². The fourth-order valence-electron chi connectivity index (χ4n) is 8.47. The molecule has 0 spiro atoms. The highest BCUT2D eigenvalue weighted by Crippen LogP contribution is 2.35. The summed E-state index contributed by atoms with van der Waals surface area (Å²) in [6, 6.07) is 23.1. The van der Waals surface area contributed by atoms with Gasteiger partial charge in [0.2, 0.25) is 0 Å². The van der Waals surface area contributed by atoms with Crippen LogP contribution in [0.2, 0.25) is 0 Å². The first-order chi connectivity index (χ1) is 26.2. The smallest absolute Gasteiger partial charge is 0.156 e. The van der Waals surface area contributed by atoms with Crippen LogP contribution in [0.3, 0.4) is 0 Å². The second kappa shape index (κ2) is 15.5. The summed E-state index contributed by atoms with van der Waals surface area (Å²) in [5.41, 5.74) is 12.5. The van der Waals surface area contributed by atoms with E-state index in [-0.39, 0.29) is 0 Å². The van der Waals surface area contributed by atoms with Crippen LogP contribution in [0.25, 0.3) is 32.9 Å². The number of likely N-dealkylation sites (tertiary alicyclic amines) is 2. The molecule has 54 heavy (non-hydrogen) atoms. The molecule has 0 unspecified atom stereocenters. The Labute approximate surface area is 320 Å². The molecule has 4 aromatic heterocycles. The Bertz CT molecular complexity index is 2120. The number of nitrogens with one attached hydrogen (secondary N) is 1. The highest BCUT2D eigenvalue weighted by atomic mass is 15.2. The molecule has 2 atom stereocenters. The Morgan fingerprint density at radius 3 is 1.87 bits per heavy atom. The van der Waals surface area contributed by atoms with Crippen LogP contribution in [0.1, 0.15) is 46.4 Å². The van der Waals surface area contributed by atoms with Crippen molar-refractivity contribution < 1.29 is 0 Å². The molecule has 6 aromatic rings. The number of hydrogen-bond donors (Lipinski definition) is 1. The molecule has 8 rings (SSSR count). The van der Waals surface area contributed by atoms with Crippen molar-refractivity contribution in [2.45, 2.75) is 58.3 Å². The zero-order valence-corrected chi connectivity index (χ0v) is 32.7. The lowest BCUT2D eigenvalue weighted by molar-refractivity contribution is 0.264. The average Bonchev–Trinajstić information content (AvgIpc) is 3.84. The zero-order valence-electron chi connectivity index (χ0n) is 32.7. The number of hydrogen-bond acceptors (Lipinski definition) is 9. The van der Waals surface area contributed by atoms with E-state index in [0.717, 1.165) is 84.7 Å². The molecule has 2 saturated heterocycles. The predicted octanol–water partition coefficient (Wildman–Crippen LogP) is 7.46. The van der Waals surface area contributed by atoms with Crippen molar-refractivity contribution in [2.24, 2.45) is 0 Å². The fraction of sp³-hybridized carbons (Fsp3) is 0.378. The van der Waals surface area contributed by atoms with Crippen LogP contribution in [0.15, 0.2) is 85.5 Å². The van der Waals surface area contributed by atoms with Crippen molar-refractivity contribution in [2.75, 3.05) is 59.7 Å². The minimum absolute atomic E-state index is 0.623. The van der Waals surface area contributed by atoms with Crippen LogP contribution in [0.5, 0.6) is 0 Å². The highest BCUT2D eigenvalue weighted by molar-refractivity contribution is 5.91. The van der Waals surface area contributed by atoms with Crippen LogP contribution in [0.4, 0.5) is 11.5 Å². The number of aromatic nitrogens is 4. The SMILES string of the molecule is Cc1c(Cc2nccc3cc(CN4CC[C@H](N(C)C)C4)cnc23)cccc1-c1cccc(Nc2nccc3cc(CN4CC[C@H](N(C)C)C4)cnc23)c1C. The minimum Gasteiger partial charge on any atom is -0.338 e. The fourth-order valence-corrected chi connectivity index (χ4v) is 8.47. The van der Waals surface area contributed by atoms with E-state index in [2.05, 4.69) is 134 Å². The predicted molar refractivity (Wildman–Crippen MR) is 221 cm³/mol. The summed E-state index contributed by atoms with van der Waals surface area (Å²) in [6.07, 6.45) is 11.0. The van der Waals surface area contributed by atoms with Gasteiger partial charge in [-0.25, -0.2) is 4.98 Å². The van der Waals surface area contributed by atoms with Crippen molar-refractivity contribution in [1.29, 1.82) is 0 Å². The van der Waals surface area contributed by atoms with E-state index in [1.165, 1.54) is 51.8 Å². The molecule has 2 aliphatic heterocycles. The number of rotatable bonds is 11. The van der Waals surface area contributed by atoms with Gasteiger partial charge >= 0.3 is 0 Å². The second-order valence-electron chi connectivity index (χ2n) is 15.9. The highest BCUT2D eigenvalue weighted by Gasteiger charge is 2.25. The lowest BCUT2D eigenvalue weighted by Crippen LogP contribution is -2.31. The van der Waals surface area contributed by atoms with E-state index in [1.807, 2.05) is 18.6 Å². The molecule has 9 nitrogen and oxygen atoms in total. The Kier molecular flexibility index (Phi) is 10.4. The quantitative estimate of drug-likeness (QED) is 0.147. The molecule has 2 fully saturated rings. The number of fused-ring (bicyclic) bond motifs is 2. The van der Waals surface area contributed by atoms with Crippen molar-refractivity contribution >= 4 is 33.3 Å². The van der Waals surface area contributed by atoms with Crippen molar-refractivity contribution in [1.82, 2.24) is 39.5 Å². The van der Waals surface area contributed by atoms with Gasteiger partial charge < -0.3 is 15.1 Å². The maximum atomic E-state index is 4.98. The summed E-state index contributed by atoms with van der Waals surface area (Å²) in [4.78, 5) is 29.3. The molecule has 0 amide bonds. The monoisotopic (exact) mass is 719 g/mol. The lowest BCUT2D eigenvalue weighted by Gasteiger charge is -2.20. The molecule has 6 heterocycles. The largest absolute Gasteiger partial charge is 0.338 e. The third kappa shape index (κ3) is 7.59. The molecule has 1 N–H and O–H groups in total. The first-order valence-corrected chi connectivity index (χ1v) is 19.4. The molecule has 0 radical (unpaired) electrons. The van der Waals surface area contributed by atoms with E-state index in [4.69, 9.17) is 19.9 Å². The number of benzene rings is 2. The van der Waals surface area contributed by atoms with Crippen LogP contribution in [-0.4, -0.2) is 106 Å². The van der Waals surface area contributed by atoms with Crippen LogP contribution < -0.4 is 5.32 Å². The Morgan fingerprint density at radius 2 is 1.24 bits per heavy atom. The van der Waals surface area contributed by atoms with Crippen molar-refractivity contribution in [3.63, 3.8) is 0 Å². The van der Waals surface area contributed by atoms with E-state index in [0.29, 0.717) is 12.1 Å². The minimum atomic E-state index is 0.623. The molecule has 9 heteroatoms. The lowest BCUT2D eigenvalue weighted by atomic mass is 9.91. The van der Waals surface area contributed by atoms with Gasteiger partial charge in [0.05, 0.1) is 11.2 Å². The first-order valence-electron chi connectivity index (χ1n) is 19.4. The molecule has 0 aliphatic carbocycles. The molecule has 278 valence electrons. The number of pyridine rings is 4. The topological polar surface area (TPSA) is 76.6 Å². The molecular formula is C45H53N9. The summed E-state index contributed by atoms with van der Waals surface area (Å²) >= 11 is 0. The normalized spacial score (nSPS) is 18.1. The third-order valence-electron chi connectivity index (χ3n) is 11.8. The Hall–Kier alpha value is -4.80. The molecular weight excluding hydrogens is 667 g/mol. The molecule has 0 bridgehead atoms. The summed E-state index contributed by atoms with van der Waals surface area (Å²) in [5.74, 6) is 0.773. The van der Waals surface area contributed by atoms with Crippen LogP contribution in [-0.2, 0) is 19.5 Å². The average molecular weight is 720 g/mol. The summed E-state index contributed by atoms with van der Waals surface area (Å²) in [5, 5.41) is 5.91. The second-order valence-corrected chi connectivity index (χ2v) is 15.9. The zero-order chi connectivity index (χ0) is 37.3. The number of anilines is 2. The van der Waals surface area contributed by atoms with E-state index in [9.17, 15) is 0 Å². The van der Waals surface area contributed by atoms with Crippen molar-refractivity contribution in [3.8, 4) is 11.1 Å². The molecule has 0 saturated carbocycles. The van der Waals surface area contributed by atoms with Gasteiger partial charge in [-0.2, -0.15) is 0 Å². The van der Waals surface area contributed by atoms with Gasteiger partial charge in [-0.3, -0.25) is 24.8 Å². The molecule has 2 aromatic carbocycles. The molecule has 2 aliphatic rings. The standard InChI is InChI=1S/C45H53N9/c1-30-34(23-42-43-35(13-17-46-42)21-32(24-48-43)26-53-19-15-37(28-53)51(3)4)9-7-10-39(30)40-11-8-12-41(31(40)2)50-45-44-36(14-18-47-45)22-33(25-49-44)27-54-20-16-38(29-54)52(5)6/h7-14,17-18,21-22,24-25,37-38H,15-16,19-20,23,26-29H2,1-6H3,(H,47,50)/t37-,38-/m0/s1.